The predicted octanol–water partition coefficient (Wildman–Crippen LogP) is 12.7. The van der Waals surface area contributed by atoms with Crippen molar-refractivity contribution >= 4 is 0 Å². The fourth-order valence-corrected chi connectivity index (χ4v) is 4.29. The van der Waals surface area contributed by atoms with E-state index in [2.05, 4.69) is 14.7 Å². The number of nitrogens with zero attached hydrogens (tertiary/aromatic N) is 2. The van der Waals surface area contributed by atoms with E-state index >= 15 is 0 Å². The fourth-order valence-electron chi connectivity index (χ4n) is 4.29. The van der Waals surface area contributed by atoms with Crippen molar-refractivity contribution in [2.75, 3.05) is 6.61 Å². The molecule has 1 aromatic carbocycles. The van der Waals surface area contributed by atoms with E-state index in [1.807, 2.05) is 6.92 Å². The van der Waals surface area contributed by atoms with Crippen molar-refractivity contribution in [2.24, 2.45) is 0 Å². The third kappa shape index (κ3) is 9.48. The Morgan fingerprint density at radius 1 is 0.435 bits per heavy atom. The number of aromatic nitrogens is 2. The van der Waals surface area contributed by atoms with Crippen molar-refractivity contribution in [1.29, 1.82) is 0 Å². The van der Waals surface area contributed by atoms with Gasteiger partial charge in [0, 0.05) is 18.0 Å². The normalized spacial score (nSPS) is 15.3. The molecular formula is C30H21F27N2O3. The Labute approximate surface area is 326 Å². The van der Waals surface area contributed by atoms with Crippen LogP contribution < -0.4 is 4.74 Å². The number of alkyl halides is 27. The van der Waals surface area contributed by atoms with Crippen LogP contribution >= 0.6 is 0 Å². The van der Waals surface area contributed by atoms with Gasteiger partial charge in [-0.3, -0.25) is 0 Å². The molecule has 2 aromatic rings. The van der Waals surface area contributed by atoms with E-state index in [4.69, 9.17) is 0 Å². The first-order chi connectivity index (χ1) is 27.4. The molecule has 0 bridgehead atoms. The van der Waals surface area contributed by atoms with Crippen molar-refractivity contribution in [1.82, 2.24) is 9.97 Å². The number of rotatable bonds is 22. The van der Waals surface area contributed by atoms with Gasteiger partial charge in [0.05, 0.1) is 0 Å². The highest BCUT2D eigenvalue weighted by Crippen LogP contribution is 2.63. The molecule has 0 radical (unpaired) electrons. The van der Waals surface area contributed by atoms with Crippen LogP contribution in [0.25, 0.3) is 11.4 Å². The van der Waals surface area contributed by atoms with Crippen LogP contribution in [0.3, 0.4) is 0 Å². The molecule has 0 atom stereocenters. The number of aryl methyl sites for hydroxylation is 1. The summed E-state index contributed by atoms with van der Waals surface area (Å²) in [4.78, 5) is 7.97. The van der Waals surface area contributed by atoms with E-state index in [9.17, 15) is 119 Å². The van der Waals surface area contributed by atoms with Gasteiger partial charge in [-0.1, -0.05) is 26.2 Å². The summed E-state index contributed by atoms with van der Waals surface area (Å²) in [5, 5.41) is 0. The standard InChI is InChI=1S/C30H21F27N2O3/c1-2-3-4-5-6-14-11-58-17(59-12-14)15-7-9-16(10-8-15)60-13-18(31,32)19(33,34)20(35,36)21(37,38)22(39,40)24(43,44)27(50,51)61-29(54,55)30(56,57)62-28(52,53)25(45,46)23(41,42)26(47,48)49/h7-12H,2-6,13H2,1H3. The van der Waals surface area contributed by atoms with Crippen LogP contribution in [0.4, 0.5) is 119 Å². The Kier molecular flexibility index (Phi) is 14.8. The van der Waals surface area contributed by atoms with Crippen molar-refractivity contribution in [2.45, 2.75) is 117 Å². The third-order valence-corrected chi connectivity index (χ3v) is 7.93. The maximum absolute atomic E-state index is 14.3. The molecule has 1 heterocycles. The van der Waals surface area contributed by atoms with Gasteiger partial charge in [-0.25, -0.2) is 19.4 Å². The van der Waals surface area contributed by atoms with Crippen molar-refractivity contribution in [3.05, 3.63) is 42.2 Å². The second-order valence-corrected chi connectivity index (χ2v) is 12.5. The number of hydrogen-bond acceptors (Lipinski definition) is 5. The molecule has 1 aromatic heterocycles. The molecule has 0 aliphatic rings. The topological polar surface area (TPSA) is 53.5 Å². The second kappa shape index (κ2) is 16.9. The number of ether oxygens (including phenoxy) is 3. The Morgan fingerprint density at radius 3 is 1.23 bits per heavy atom. The van der Waals surface area contributed by atoms with Crippen LogP contribution in [0.2, 0.25) is 0 Å². The smallest absolute Gasteiger partial charge is 0.460 e. The Morgan fingerprint density at radius 2 is 0.823 bits per heavy atom. The molecule has 0 fully saturated rings. The van der Waals surface area contributed by atoms with Gasteiger partial charge in [0.1, 0.15) is 5.75 Å². The first-order valence-electron chi connectivity index (χ1n) is 15.9. The van der Waals surface area contributed by atoms with E-state index in [1.54, 1.807) is 0 Å². The highest BCUT2D eigenvalue weighted by Gasteiger charge is 2.94. The first-order valence-corrected chi connectivity index (χ1v) is 15.9. The summed E-state index contributed by atoms with van der Waals surface area (Å²) in [6.07, 6.45) is -35.5. The van der Waals surface area contributed by atoms with Crippen LogP contribution in [0.1, 0.15) is 38.2 Å². The third-order valence-electron chi connectivity index (χ3n) is 7.93. The summed E-state index contributed by atoms with van der Waals surface area (Å²) in [7, 11) is 0. The van der Waals surface area contributed by atoms with Crippen LogP contribution in [0.15, 0.2) is 36.7 Å². The first kappa shape index (κ1) is 54.3. The van der Waals surface area contributed by atoms with Crippen molar-refractivity contribution in [3.63, 3.8) is 0 Å². The minimum Gasteiger partial charge on any atom is -0.487 e. The lowest BCUT2D eigenvalue weighted by atomic mass is 9.91. The lowest BCUT2D eigenvalue weighted by molar-refractivity contribution is -0.559. The van der Waals surface area contributed by atoms with Gasteiger partial charge in [0.25, 0.3) is 0 Å². The van der Waals surface area contributed by atoms with Crippen LogP contribution in [0, 0.1) is 0 Å². The summed E-state index contributed by atoms with van der Waals surface area (Å²) in [5.41, 5.74) is 0.681. The van der Waals surface area contributed by atoms with E-state index in [0.29, 0.717) is 24.1 Å². The highest BCUT2D eigenvalue weighted by atomic mass is 19.4. The predicted molar refractivity (Wildman–Crippen MR) is 148 cm³/mol. The zero-order valence-electron chi connectivity index (χ0n) is 29.5. The Balaban J connectivity index is 2.36. The molecule has 2 rings (SSSR count). The summed E-state index contributed by atoms with van der Waals surface area (Å²) < 4.78 is 373. The molecule has 0 spiro atoms. The van der Waals surface area contributed by atoms with Gasteiger partial charge < -0.3 is 4.74 Å². The SMILES string of the molecule is CCCCCCc1cnc(-c2ccc(OCC(F)(F)C(F)(F)C(F)(F)C(F)(F)C(F)(F)C(F)(F)C(F)(F)OC(F)(F)C(F)(F)OC(F)(F)C(F)(F)C(F)(F)C(F)(F)F)cc2)nc1. The average Bonchev–Trinajstić information content (AvgIpc) is 3.11. The maximum atomic E-state index is 14.3. The molecule has 0 amide bonds. The van der Waals surface area contributed by atoms with Crippen LogP contribution in [-0.2, 0) is 15.9 Å². The fraction of sp³-hybridized carbons (Fsp3) is 0.667. The molecule has 0 saturated carbocycles. The van der Waals surface area contributed by atoms with Crippen LogP contribution in [0.5, 0.6) is 5.75 Å². The Bertz CT molecular complexity index is 1800. The summed E-state index contributed by atoms with van der Waals surface area (Å²) in [5.74, 6) is -69.5. The van der Waals surface area contributed by atoms with E-state index in [1.165, 1.54) is 12.4 Å². The lowest BCUT2D eigenvalue weighted by Gasteiger charge is -2.43. The van der Waals surface area contributed by atoms with Gasteiger partial charge in [0.15, 0.2) is 12.4 Å². The van der Waals surface area contributed by atoms with Gasteiger partial charge in [-0.2, -0.15) is 119 Å². The molecule has 0 aliphatic heterocycles. The number of halogens is 27. The van der Waals surface area contributed by atoms with Gasteiger partial charge >= 0.3 is 78.0 Å². The second-order valence-electron chi connectivity index (χ2n) is 12.5. The summed E-state index contributed by atoms with van der Waals surface area (Å²) in [6.45, 7) is -1.34. The molecule has 62 heavy (non-hydrogen) atoms. The number of benzene rings is 1. The minimum atomic E-state index is -9.25. The van der Waals surface area contributed by atoms with Crippen LogP contribution in [-0.4, -0.2) is 94.6 Å². The van der Waals surface area contributed by atoms with Gasteiger partial charge in [0.2, 0.25) is 0 Å². The largest absolute Gasteiger partial charge is 0.487 e. The van der Waals surface area contributed by atoms with Crippen molar-refractivity contribution in [3.8, 4) is 17.1 Å². The van der Waals surface area contributed by atoms with E-state index < -0.39 is 90.3 Å². The minimum absolute atomic E-state index is 0.0150. The quantitative estimate of drug-likeness (QED) is 0.0869. The zero-order valence-corrected chi connectivity index (χ0v) is 29.5. The Hall–Kier alpha value is -3.87. The van der Waals surface area contributed by atoms with Crippen molar-refractivity contribution < 1.29 is 133 Å². The molecule has 0 saturated heterocycles. The van der Waals surface area contributed by atoms with E-state index in [0.717, 1.165) is 47.3 Å². The maximum Gasteiger partial charge on any atom is 0.460 e. The molecule has 5 nitrogen and oxygen atoms in total. The summed E-state index contributed by atoms with van der Waals surface area (Å²) in [6, 6.07) is 2.91. The zero-order chi connectivity index (χ0) is 48.8. The van der Waals surface area contributed by atoms with Gasteiger partial charge in [-0.15, -0.1) is 0 Å². The molecule has 358 valence electrons. The monoisotopic (exact) mass is 970 g/mol. The van der Waals surface area contributed by atoms with E-state index in [-0.39, 0.29) is 11.4 Å². The average molecular weight is 970 g/mol. The molecule has 0 unspecified atom stereocenters. The number of unbranched alkanes of at least 4 members (excludes halogenated alkanes) is 3. The summed E-state index contributed by atoms with van der Waals surface area (Å²) >= 11 is 0. The molecule has 0 aliphatic carbocycles. The number of hydrogen-bond donors (Lipinski definition) is 0. The molecular weight excluding hydrogens is 949 g/mol. The highest BCUT2D eigenvalue weighted by molar-refractivity contribution is 5.55. The lowest BCUT2D eigenvalue weighted by Crippen LogP contribution is -2.74. The molecule has 0 N–H and O–H groups in total. The molecule has 32 heteroatoms. The van der Waals surface area contributed by atoms with Gasteiger partial charge in [-0.05, 0) is 42.7 Å².